The standard InChI is InChI=1S/C11H8N2O2S/c14-9-8(12-10(15)11(16)13-9)6-7-4-2-1-3-5-7/h1-6H,(H,12,15)(H,13,14,16)/b8-6+. The predicted molar refractivity (Wildman–Crippen MR) is 63.3 cm³/mol. The van der Waals surface area contributed by atoms with Crippen LogP contribution in [0.2, 0.25) is 0 Å². The topological polar surface area (TPSA) is 58.2 Å². The lowest BCUT2D eigenvalue weighted by Gasteiger charge is -2.16. The third-order valence-electron chi connectivity index (χ3n) is 2.04. The minimum Gasteiger partial charge on any atom is -0.315 e. The Balaban J connectivity index is 2.28. The summed E-state index contributed by atoms with van der Waals surface area (Å²) in [7, 11) is 0. The molecular formula is C11H8N2O2S. The molecule has 1 aliphatic rings. The molecule has 1 aromatic carbocycles. The monoisotopic (exact) mass is 232 g/mol. The molecule has 0 bridgehead atoms. The highest BCUT2D eigenvalue weighted by atomic mass is 32.1. The Labute approximate surface area is 97.3 Å². The molecule has 4 nitrogen and oxygen atoms in total. The smallest absolute Gasteiger partial charge is 0.283 e. The summed E-state index contributed by atoms with van der Waals surface area (Å²) in [5.74, 6) is -0.856. The van der Waals surface area contributed by atoms with Crippen molar-refractivity contribution in [3.8, 4) is 0 Å². The van der Waals surface area contributed by atoms with Crippen molar-refractivity contribution < 1.29 is 9.59 Å². The second-order valence-corrected chi connectivity index (χ2v) is 3.61. The van der Waals surface area contributed by atoms with E-state index in [1.165, 1.54) is 0 Å². The van der Waals surface area contributed by atoms with Gasteiger partial charge in [0, 0.05) is 0 Å². The van der Waals surface area contributed by atoms with Gasteiger partial charge >= 0.3 is 0 Å². The molecule has 0 spiro atoms. The molecule has 0 aromatic heterocycles. The Morgan fingerprint density at radius 3 is 2.38 bits per heavy atom. The molecule has 1 saturated heterocycles. The van der Waals surface area contributed by atoms with Crippen LogP contribution in [0.25, 0.3) is 6.08 Å². The molecule has 80 valence electrons. The Kier molecular flexibility index (Phi) is 2.78. The van der Waals surface area contributed by atoms with Gasteiger partial charge in [0.05, 0.1) is 0 Å². The lowest BCUT2D eigenvalue weighted by Crippen LogP contribution is -2.50. The lowest BCUT2D eigenvalue weighted by atomic mass is 10.1. The lowest BCUT2D eigenvalue weighted by molar-refractivity contribution is -0.122. The van der Waals surface area contributed by atoms with Gasteiger partial charge in [0.2, 0.25) is 0 Å². The Hall–Kier alpha value is -2.01. The number of thiocarbonyl (C=S) groups is 1. The van der Waals surface area contributed by atoms with Crippen LogP contribution >= 0.6 is 12.2 Å². The third kappa shape index (κ3) is 2.14. The fourth-order valence-corrected chi connectivity index (χ4v) is 1.42. The number of rotatable bonds is 1. The first-order chi connectivity index (χ1) is 7.66. The summed E-state index contributed by atoms with van der Waals surface area (Å²) in [4.78, 5) is 22.6. The molecular weight excluding hydrogens is 224 g/mol. The second-order valence-electron chi connectivity index (χ2n) is 3.21. The van der Waals surface area contributed by atoms with Gasteiger partial charge in [-0.25, -0.2) is 0 Å². The molecule has 1 heterocycles. The van der Waals surface area contributed by atoms with Crippen molar-refractivity contribution in [1.82, 2.24) is 10.6 Å². The first-order valence-corrected chi connectivity index (χ1v) is 5.01. The van der Waals surface area contributed by atoms with Crippen LogP contribution in [0.5, 0.6) is 0 Å². The van der Waals surface area contributed by atoms with Crippen LogP contribution in [0.4, 0.5) is 0 Å². The molecule has 0 atom stereocenters. The Morgan fingerprint density at radius 2 is 1.69 bits per heavy atom. The molecule has 0 aliphatic carbocycles. The molecule has 2 amide bonds. The van der Waals surface area contributed by atoms with Crippen LogP contribution in [0.15, 0.2) is 36.0 Å². The van der Waals surface area contributed by atoms with Gasteiger partial charge in [-0.2, -0.15) is 0 Å². The molecule has 2 N–H and O–H groups in total. The summed E-state index contributed by atoms with van der Waals surface area (Å²) >= 11 is 4.65. The number of piperazine rings is 1. The van der Waals surface area contributed by atoms with Crippen molar-refractivity contribution in [2.45, 2.75) is 0 Å². The van der Waals surface area contributed by atoms with E-state index in [0.717, 1.165) is 5.56 Å². The molecule has 0 saturated carbocycles. The summed E-state index contributed by atoms with van der Waals surface area (Å²) < 4.78 is 0. The van der Waals surface area contributed by atoms with E-state index >= 15 is 0 Å². The quantitative estimate of drug-likeness (QED) is 0.550. The number of carbonyl (C=O) groups is 2. The molecule has 16 heavy (non-hydrogen) atoms. The van der Waals surface area contributed by atoms with Gasteiger partial charge in [-0.05, 0) is 11.6 Å². The van der Waals surface area contributed by atoms with Crippen molar-refractivity contribution in [3.63, 3.8) is 0 Å². The molecule has 1 fully saturated rings. The Bertz CT molecular complexity index is 494. The highest BCUT2D eigenvalue weighted by Crippen LogP contribution is 2.06. The van der Waals surface area contributed by atoms with E-state index in [-0.39, 0.29) is 10.7 Å². The highest BCUT2D eigenvalue weighted by molar-refractivity contribution is 7.82. The summed E-state index contributed by atoms with van der Waals surface area (Å²) in [6.45, 7) is 0. The Morgan fingerprint density at radius 1 is 1.00 bits per heavy atom. The molecule has 1 aromatic rings. The number of benzene rings is 1. The van der Waals surface area contributed by atoms with Crippen molar-refractivity contribution in [3.05, 3.63) is 41.6 Å². The van der Waals surface area contributed by atoms with Crippen LogP contribution < -0.4 is 10.6 Å². The van der Waals surface area contributed by atoms with Crippen LogP contribution in [-0.4, -0.2) is 16.8 Å². The zero-order chi connectivity index (χ0) is 11.5. The first kappa shape index (κ1) is 10.5. The molecule has 0 unspecified atom stereocenters. The maximum Gasteiger partial charge on any atom is 0.283 e. The zero-order valence-corrected chi connectivity index (χ0v) is 9.01. The summed E-state index contributed by atoms with van der Waals surface area (Å²) in [5, 5.41) is 4.74. The maximum atomic E-state index is 11.5. The van der Waals surface area contributed by atoms with Gasteiger partial charge in [-0.15, -0.1) is 0 Å². The predicted octanol–water partition coefficient (Wildman–Crippen LogP) is 0.601. The van der Waals surface area contributed by atoms with E-state index in [0.29, 0.717) is 0 Å². The summed E-state index contributed by atoms with van der Waals surface area (Å²) in [6.07, 6.45) is 1.59. The fraction of sp³-hybridized carbons (Fsp3) is 0. The largest absolute Gasteiger partial charge is 0.315 e. The zero-order valence-electron chi connectivity index (χ0n) is 8.19. The van der Waals surface area contributed by atoms with Gasteiger partial charge in [0.25, 0.3) is 11.8 Å². The molecule has 5 heteroatoms. The van der Waals surface area contributed by atoms with Gasteiger partial charge in [0.1, 0.15) is 5.70 Å². The van der Waals surface area contributed by atoms with Crippen LogP contribution in [-0.2, 0) is 9.59 Å². The number of hydrogen-bond acceptors (Lipinski definition) is 3. The number of hydrogen-bond donors (Lipinski definition) is 2. The van der Waals surface area contributed by atoms with E-state index < -0.39 is 11.8 Å². The summed E-state index contributed by atoms with van der Waals surface area (Å²) in [5.41, 5.74) is 1.03. The fourth-order valence-electron chi connectivity index (χ4n) is 1.28. The van der Waals surface area contributed by atoms with E-state index in [4.69, 9.17) is 0 Å². The van der Waals surface area contributed by atoms with E-state index in [2.05, 4.69) is 22.9 Å². The van der Waals surface area contributed by atoms with Crippen molar-refractivity contribution in [2.75, 3.05) is 0 Å². The van der Waals surface area contributed by atoms with Crippen LogP contribution in [0.1, 0.15) is 5.56 Å². The summed E-state index contributed by atoms with van der Waals surface area (Å²) in [6, 6.07) is 9.23. The molecule has 1 aliphatic heterocycles. The average Bonchev–Trinajstić information content (AvgIpc) is 2.27. The van der Waals surface area contributed by atoms with Gasteiger partial charge in [0.15, 0.2) is 4.99 Å². The number of amides is 2. The minimum absolute atomic E-state index is 0.102. The average molecular weight is 232 g/mol. The van der Waals surface area contributed by atoms with E-state index in [9.17, 15) is 9.59 Å². The van der Waals surface area contributed by atoms with Crippen LogP contribution in [0.3, 0.4) is 0 Å². The van der Waals surface area contributed by atoms with Crippen molar-refractivity contribution in [2.24, 2.45) is 0 Å². The van der Waals surface area contributed by atoms with E-state index in [1.54, 1.807) is 6.08 Å². The maximum absolute atomic E-state index is 11.5. The second kappa shape index (κ2) is 4.24. The number of carbonyl (C=O) groups excluding carboxylic acids is 2. The minimum atomic E-state index is -0.461. The van der Waals surface area contributed by atoms with Gasteiger partial charge in [-0.3, -0.25) is 9.59 Å². The molecule has 0 radical (unpaired) electrons. The normalized spacial score (nSPS) is 18.2. The van der Waals surface area contributed by atoms with Crippen molar-refractivity contribution >= 4 is 35.1 Å². The van der Waals surface area contributed by atoms with Crippen LogP contribution in [0, 0.1) is 0 Å². The first-order valence-electron chi connectivity index (χ1n) is 4.60. The van der Waals surface area contributed by atoms with Gasteiger partial charge in [-0.1, -0.05) is 42.5 Å². The van der Waals surface area contributed by atoms with Crippen molar-refractivity contribution in [1.29, 1.82) is 0 Å². The molecule has 2 rings (SSSR count). The number of nitrogens with one attached hydrogen (secondary N) is 2. The SMILES string of the molecule is O=C1N/C(=C/c2ccccc2)C(=O)NC1=S. The van der Waals surface area contributed by atoms with Gasteiger partial charge < -0.3 is 10.6 Å². The third-order valence-corrected chi connectivity index (χ3v) is 2.32. The highest BCUT2D eigenvalue weighted by Gasteiger charge is 2.24. The van der Waals surface area contributed by atoms with E-state index in [1.807, 2.05) is 30.3 Å².